The van der Waals surface area contributed by atoms with Crippen LogP contribution in [0, 0.1) is 6.92 Å². The minimum absolute atomic E-state index is 0.0515. The highest BCUT2D eigenvalue weighted by atomic mass is 19.4. The number of aryl methyl sites for hydroxylation is 1. The van der Waals surface area contributed by atoms with E-state index in [0.29, 0.717) is 38.7 Å². The van der Waals surface area contributed by atoms with Gasteiger partial charge in [0, 0.05) is 50.0 Å². The van der Waals surface area contributed by atoms with Gasteiger partial charge in [0.05, 0.1) is 5.56 Å². The second-order valence-corrected chi connectivity index (χ2v) is 6.58. The third-order valence-electron chi connectivity index (χ3n) is 4.50. The maximum Gasteiger partial charge on any atom is 0.416 e. The molecular weight excluding hydrogens is 371 g/mol. The molecule has 1 N–H and O–H groups in total. The molecule has 1 aliphatic heterocycles. The first-order valence-electron chi connectivity index (χ1n) is 9.09. The fourth-order valence-corrected chi connectivity index (χ4v) is 3.10. The Morgan fingerprint density at radius 3 is 2.50 bits per heavy atom. The lowest BCUT2D eigenvalue weighted by molar-refractivity contribution is -0.137. The number of nitrogens with one attached hydrogen (secondary N) is 1. The van der Waals surface area contributed by atoms with Crippen molar-refractivity contribution >= 4 is 17.7 Å². The summed E-state index contributed by atoms with van der Waals surface area (Å²) in [6, 6.07) is 6.43. The van der Waals surface area contributed by atoms with Gasteiger partial charge in [0.1, 0.15) is 5.82 Å². The summed E-state index contributed by atoms with van der Waals surface area (Å²) in [7, 11) is 0. The van der Waals surface area contributed by atoms with E-state index < -0.39 is 17.6 Å². The van der Waals surface area contributed by atoms with Gasteiger partial charge >= 0.3 is 6.18 Å². The molecular formula is C19H22F3N5O. The van der Waals surface area contributed by atoms with Gasteiger partial charge in [-0.15, -0.1) is 0 Å². The predicted octanol–water partition coefficient (Wildman–Crippen LogP) is 3.20. The van der Waals surface area contributed by atoms with Crippen molar-refractivity contribution < 1.29 is 18.0 Å². The zero-order valence-corrected chi connectivity index (χ0v) is 15.8. The van der Waals surface area contributed by atoms with Crippen LogP contribution in [0.25, 0.3) is 0 Å². The van der Waals surface area contributed by atoms with Gasteiger partial charge in [-0.1, -0.05) is 6.07 Å². The van der Waals surface area contributed by atoms with Gasteiger partial charge in [0.2, 0.25) is 5.95 Å². The standard InChI is InChI=1S/C19H22F3N5O/c1-3-23-18-24-13(2)11-16(25-18)26-7-9-27(10-8-26)17(28)14-5-4-6-15(12-14)19(20,21)22/h4-6,11-12H,3,7-10H2,1-2H3,(H,23,24,25). The molecule has 1 saturated heterocycles. The lowest BCUT2D eigenvalue weighted by Crippen LogP contribution is -2.49. The summed E-state index contributed by atoms with van der Waals surface area (Å²) < 4.78 is 38.7. The first kappa shape index (κ1) is 19.9. The molecule has 2 heterocycles. The van der Waals surface area contributed by atoms with E-state index in [0.717, 1.165) is 23.6 Å². The predicted molar refractivity (Wildman–Crippen MR) is 100 cm³/mol. The van der Waals surface area contributed by atoms with E-state index in [2.05, 4.69) is 15.3 Å². The Bertz CT molecular complexity index is 848. The van der Waals surface area contributed by atoms with Crippen molar-refractivity contribution in [3.05, 3.63) is 47.2 Å². The van der Waals surface area contributed by atoms with E-state index in [-0.39, 0.29) is 5.56 Å². The van der Waals surface area contributed by atoms with Gasteiger partial charge in [0.25, 0.3) is 5.91 Å². The van der Waals surface area contributed by atoms with Crippen LogP contribution in [-0.4, -0.2) is 53.5 Å². The molecule has 0 bridgehead atoms. The number of benzene rings is 1. The number of hydrogen-bond acceptors (Lipinski definition) is 5. The highest BCUT2D eigenvalue weighted by Crippen LogP contribution is 2.30. The van der Waals surface area contributed by atoms with Crippen LogP contribution < -0.4 is 10.2 Å². The van der Waals surface area contributed by atoms with E-state index in [1.165, 1.54) is 12.1 Å². The number of carbonyl (C=O) groups is 1. The van der Waals surface area contributed by atoms with Crippen LogP contribution in [0.2, 0.25) is 0 Å². The van der Waals surface area contributed by atoms with Crippen LogP contribution in [0.3, 0.4) is 0 Å². The molecule has 0 spiro atoms. The van der Waals surface area contributed by atoms with Crippen molar-refractivity contribution in [2.24, 2.45) is 0 Å². The summed E-state index contributed by atoms with van der Waals surface area (Å²) in [5.74, 6) is 0.938. The SMILES string of the molecule is CCNc1nc(C)cc(N2CCN(C(=O)c3cccc(C(F)(F)F)c3)CC2)n1. The Morgan fingerprint density at radius 2 is 1.86 bits per heavy atom. The second-order valence-electron chi connectivity index (χ2n) is 6.58. The van der Waals surface area contributed by atoms with Gasteiger partial charge in [-0.25, -0.2) is 4.98 Å². The Morgan fingerprint density at radius 1 is 1.14 bits per heavy atom. The van der Waals surface area contributed by atoms with Crippen LogP contribution in [0.5, 0.6) is 0 Å². The van der Waals surface area contributed by atoms with Crippen molar-refractivity contribution in [1.82, 2.24) is 14.9 Å². The zero-order chi connectivity index (χ0) is 20.3. The van der Waals surface area contributed by atoms with Crippen molar-refractivity contribution in [3.63, 3.8) is 0 Å². The molecule has 0 unspecified atom stereocenters. The molecule has 1 aliphatic rings. The van der Waals surface area contributed by atoms with Gasteiger partial charge in [-0.05, 0) is 32.0 Å². The highest BCUT2D eigenvalue weighted by Gasteiger charge is 2.31. The normalized spacial score (nSPS) is 14.9. The average molecular weight is 393 g/mol. The molecule has 2 aromatic rings. The zero-order valence-electron chi connectivity index (χ0n) is 15.8. The van der Waals surface area contributed by atoms with Crippen LogP contribution >= 0.6 is 0 Å². The van der Waals surface area contributed by atoms with Crippen molar-refractivity contribution in [2.75, 3.05) is 42.9 Å². The molecule has 9 heteroatoms. The van der Waals surface area contributed by atoms with E-state index in [4.69, 9.17) is 0 Å². The van der Waals surface area contributed by atoms with Crippen LogP contribution in [-0.2, 0) is 6.18 Å². The Balaban J connectivity index is 1.68. The molecule has 28 heavy (non-hydrogen) atoms. The quantitative estimate of drug-likeness (QED) is 0.865. The molecule has 6 nitrogen and oxygen atoms in total. The molecule has 0 radical (unpaired) electrons. The molecule has 1 aromatic carbocycles. The number of rotatable bonds is 4. The maximum absolute atomic E-state index is 12.9. The van der Waals surface area contributed by atoms with Crippen molar-refractivity contribution in [1.29, 1.82) is 0 Å². The molecule has 0 aliphatic carbocycles. The van der Waals surface area contributed by atoms with E-state index >= 15 is 0 Å². The third-order valence-corrected chi connectivity index (χ3v) is 4.50. The summed E-state index contributed by atoms with van der Waals surface area (Å²) in [5, 5.41) is 3.09. The Labute approximate surface area is 161 Å². The van der Waals surface area contributed by atoms with Gasteiger partial charge in [-0.3, -0.25) is 4.79 Å². The highest BCUT2D eigenvalue weighted by molar-refractivity contribution is 5.94. The smallest absolute Gasteiger partial charge is 0.354 e. The van der Waals surface area contributed by atoms with Crippen molar-refractivity contribution in [3.8, 4) is 0 Å². The number of halogens is 3. The van der Waals surface area contributed by atoms with Crippen LogP contribution in [0.4, 0.5) is 24.9 Å². The molecule has 150 valence electrons. The molecule has 0 saturated carbocycles. The first-order chi connectivity index (χ1) is 13.3. The lowest BCUT2D eigenvalue weighted by atomic mass is 10.1. The fourth-order valence-electron chi connectivity index (χ4n) is 3.10. The molecule has 1 fully saturated rings. The average Bonchev–Trinajstić information content (AvgIpc) is 2.67. The molecule has 1 aromatic heterocycles. The van der Waals surface area contributed by atoms with Crippen LogP contribution in [0.1, 0.15) is 28.5 Å². The number of carbonyl (C=O) groups excluding carboxylic acids is 1. The maximum atomic E-state index is 12.9. The Hall–Kier alpha value is -2.84. The van der Waals surface area contributed by atoms with E-state index in [9.17, 15) is 18.0 Å². The topological polar surface area (TPSA) is 61.4 Å². The largest absolute Gasteiger partial charge is 0.416 e. The number of aromatic nitrogens is 2. The van der Waals surface area contributed by atoms with Crippen LogP contribution in [0.15, 0.2) is 30.3 Å². The number of piperazine rings is 1. The lowest BCUT2D eigenvalue weighted by Gasteiger charge is -2.35. The molecule has 1 amide bonds. The first-order valence-corrected chi connectivity index (χ1v) is 9.09. The number of alkyl halides is 3. The fraction of sp³-hybridized carbons (Fsp3) is 0.421. The minimum Gasteiger partial charge on any atom is -0.354 e. The summed E-state index contributed by atoms with van der Waals surface area (Å²) >= 11 is 0. The molecule has 3 rings (SSSR count). The van der Waals surface area contributed by atoms with E-state index in [1.54, 1.807) is 4.90 Å². The summed E-state index contributed by atoms with van der Waals surface area (Å²) in [6.07, 6.45) is -4.47. The second kappa shape index (κ2) is 8.04. The monoisotopic (exact) mass is 393 g/mol. The third kappa shape index (κ3) is 4.52. The summed E-state index contributed by atoms with van der Waals surface area (Å²) in [5.41, 5.74) is 0.0726. The Kier molecular flexibility index (Phi) is 5.71. The van der Waals surface area contributed by atoms with Gasteiger partial charge in [-0.2, -0.15) is 18.2 Å². The number of nitrogens with zero attached hydrogens (tertiary/aromatic N) is 4. The molecule has 0 atom stereocenters. The number of anilines is 2. The van der Waals surface area contributed by atoms with Crippen molar-refractivity contribution in [2.45, 2.75) is 20.0 Å². The van der Waals surface area contributed by atoms with E-state index in [1.807, 2.05) is 24.8 Å². The number of hydrogen-bond donors (Lipinski definition) is 1. The summed E-state index contributed by atoms with van der Waals surface area (Å²) in [6.45, 7) is 6.48. The van der Waals surface area contributed by atoms with Gasteiger partial charge < -0.3 is 15.1 Å². The number of amides is 1. The summed E-state index contributed by atoms with van der Waals surface area (Å²) in [4.78, 5) is 25.1. The minimum atomic E-state index is -4.47. The van der Waals surface area contributed by atoms with Gasteiger partial charge in [0.15, 0.2) is 0 Å².